The summed E-state index contributed by atoms with van der Waals surface area (Å²) in [5, 5.41) is 2.71. The Kier molecular flexibility index (Phi) is 5.45. The number of nitrogens with one attached hydrogen (secondary N) is 1. The molecule has 1 aliphatic rings. The molecule has 0 atom stereocenters. The number of hydrogen-bond acceptors (Lipinski definition) is 2. The average molecular weight is 390 g/mol. The van der Waals surface area contributed by atoms with Gasteiger partial charge in [-0.15, -0.1) is 0 Å². The summed E-state index contributed by atoms with van der Waals surface area (Å²) >= 11 is 0. The SMILES string of the molecule is CC(C)C(=O)N1CCc2ccc(NC(=O)c3ccc(C(F)(F)F)cc3)cc2C1. The Morgan fingerprint density at radius 2 is 1.71 bits per heavy atom. The number of alkyl halides is 3. The number of halogens is 3. The summed E-state index contributed by atoms with van der Waals surface area (Å²) in [5.74, 6) is -0.478. The van der Waals surface area contributed by atoms with Crippen LogP contribution in [-0.4, -0.2) is 23.3 Å². The van der Waals surface area contributed by atoms with Crippen molar-refractivity contribution in [3.05, 3.63) is 64.7 Å². The van der Waals surface area contributed by atoms with Crippen LogP contribution in [0.2, 0.25) is 0 Å². The standard InChI is InChI=1S/C21H21F3N2O2/c1-13(2)20(28)26-10-9-14-5-8-18(11-16(14)12-26)25-19(27)15-3-6-17(7-4-15)21(22,23)24/h3-8,11,13H,9-10,12H2,1-2H3,(H,25,27). The van der Waals surface area contributed by atoms with E-state index < -0.39 is 17.6 Å². The first-order valence-electron chi connectivity index (χ1n) is 9.04. The Balaban J connectivity index is 1.73. The second kappa shape index (κ2) is 7.66. The van der Waals surface area contributed by atoms with E-state index in [1.165, 1.54) is 0 Å². The van der Waals surface area contributed by atoms with Gasteiger partial charge in [-0.2, -0.15) is 13.2 Å². The van der Waals surface area contributed by atoms with E-state index in [0.29, 0.717) is 18.8 Å². The number of rotatable bonds is 3. The Labute approximate surface area is 161 Å². The first kappa shape index (κ1) is 19.9. The summed E-state index contributed by atoms with van der Waals surface area (Å²) in [6.45, 7) is 4.87. The van der Waals surface area contributed by atoms with Gasteiger partial charge in [0.1, 0.15) is 0 Å². The van der Waals surface area contributed by atoms with Crippen molar-refractivity contribution in [3.8, 4) is 0 Å². The Bertz CT molecular complexity index is 890. The molecule has 0 bridgehead atoms. The zero-order valence-electron chi connectivity index (χ0n) is 15.6. The first-order chi connectivity index (χ1) is 13.1. The highest BCUT2D eigenvalue weighted by molar-refractivity contribution is 6.04. The van der Waals surface area contributed by atoms with Gasteiger partial charge in [-0.3, -0.25) is 9.59 Å². The van der Waals surface area contributed by atoms with Gasteiger partial charge in [0.15, 0.2) is 0 Å². The highest BCUT2D eigenvalue weighted by atomic mass is 19.4. The molecule has 0 aromatic heterocycles. The highest BCUT2D eigenvalue weighted by Crippen LogP contribution is 2.29. The van der Waals surface area contributed by atoms with E-state index in [-0.39, 0.29) is 17.4 Å². The molecule has 148 valence electrons. The molecule has 1 heterocycles. The number of nitrogens with zero attached hydrogens (tertiary/aromatic N) is 1. The Hall–Kier alpha value is -2.83. The average Bonchev–Trinajstić information content (AvgIpc) is 2.66. The molecule has 0 spiro atoms. The maximum absolute atomic E-state index is 12.6. The van der Waals surface area contributed by atoms with Crippen molar-refractivity contribution in [2.75, 3.05) is 11.9 Å². The molecular formula is C21H21F3N2O2. The van der Waals surface area contributed by atoms with Crippen LogP contribution in [0, 0.1) is 5.92 Å². The second-order valence-corrected chi connectivity index (χ2v) is 7.18. The number of amides is 2. The fraction of sp³-hybridized carbons (Fsp3) is 0.333. The summed E-state index contributed by atoms with van der Waals surface area (Å²) in [7, 11) is 0. The van der Waals surface area contributed by atoms with Gasteiger partial charge in [-0.25, -0.2) is 0 Å². The second-order valence-electron chi connectivity index (χ2n) is 7.18. The van der Waals surface area contributed by atoms with Crippen molar-refractivity contribution < 1.29 is 22.8 Å². The molecule has 2 amide bonds. The van der Waals surface area contributed by atoms with E-state index in [1.807, 2.05) is 26.0 Å². The number of hydrogen-bond donors (Lipinski definition) is 1. The third-order valence-corrected chi connectivity index (χ3v) is 4.76. The minimum atomic E-state index is -4.44. The van der Waals surface area contributed by atoms with Crippen LogP contribution >= 0.6 is 0 Å². The lowest BCUT2D eigenvalue weighted by Crippen LogP contribution is -2.38. The molecule has 0 aliphatic carbocycles. The quantitative estimate of drug-likeness (QED) is 0.839. The molecule has 4 nitrogen and oxygen atoms in total. The molecule has 1 aliphatic heterocycles. The summed E-state index contributed by atoms with van der Waals surface area (Å²) < 4.78 is 37.9. The van der Waals surface area contributed by atoms with E-state index in [4.69, 9.17) is 0 Å². The third kappa shape index (κ3) is 4.35. The van der Waals surface area contributed by atoms with Crippen LogP contribution in [0.15, 0.2) is 42.5 Å². The normalized spacial score (nSPS) is 14.0. The number of anilines is 1. The fourth-order valence-electron chi connectivity index (χ4n) is 3.20. The van der Waals surface area contributed by atoms with Gasteiger partial charge >= 0.3 is 6.18 Å². The van der Waals surface area contributed by atoms with Gasteiger partial charge in [-0.1, -0.05) is 19.9 Å². The molecule has 3 rings (SSSR count). The van der Waals surface area contributed by atoms with Crippen molar-refractivity contribution in [3.63, 3.8) is 0 Å². The Morgan fingerprint density at radius 1 is 1.04 bits per heavy atom. The van der Waals surface area contributed by atoms with E-state index in [9.17, 15) is 22.8 Å². The number of carbonyl (C=O) groups excluding carboxylic acids is 2. The highest BCUT2D eigenvalue weighted by Gasteiger charge is 2.30. The van der Waals surface area contributed by atoms with Crippen molar-refractivity contribution >= 4 is 17.5 Å². The van der Waals surface area contributed by atoms with Crippen molar-refractivity contribution in [2.24, 2.45) is 5.92 Å². The smallest absolute Gasteiger partial charge is 0.338 e. The van der Waals surface area contributed by atoms with Crippen LogP contribution < -0.4 is 5.32 Å². The number of carbonyl (C=O) groups is 2. The fourth-order valence-corrected chi connectivity index (χ4v) is 3.20. The van der Waals surface area contributed by atoms with Crippen LogP contribution in [0.3, 0.4) is 0 Å². The minimum absolute atomic E-state index is 0.0795. The maximum atomic E-state index is 12.6. The Morgan fingerprint density at radius 3 is 2.32 bits per heavy atom. The van der Waals surface area contributed by atoms with Crippen molar-refractivity contribution in [1.29, 1.82) is 0 Å². The van der Waals surface area contributed by atoms with Crippen LogP contribution in [0.5, 0.6) is 0 Å². The molecule has 0 unspecified atom stereocenters. The summed E-state index contributed by atoms with van der Waals surface area (Å²) in [6.07, 6.45) is -3.69. The summed E-state index contributed by atoms with van der Waals surface area (Å²) in [5.41, 5.74) is 1.98. The van der Waals surface area contributed by atoms with Gasteiger partial charge in [0.05, 0.1) is 5.56 Å². The largest absolute Gasteiger partial charge is 0.416 e. The topological polar surface area (TPSA) is 49.4 Å². The van der Waals surface area contributed by atoms with E-state index >= 15 is 0 Å². The molecule has 0 fully saturated rings. The molecule has 0 saturated heterocycles. The third-order valence-electron chi connectivity index (χ3n) is 4.76. The van der Waals surface area contributed by atoms with Crippen LogP contribution in [0.25, 0.3) is 0 Å². The molecule has 28 heavy (non-hydrogen) atoms. The molecule has 0 radical (unpaired) electrons. The predicted molar refractivity (Wildman–Crippen MR) is 99.8 cm³/mol. The summed E-state index contributed by atoms with van der Waals surface area (Å²) in [6, 6.07) is 9.57. The van der Waals surface area contributed by atoms with Gasteiger partial charge < -0.3 is 10.2 Å². The number of benzene rings is 2. The zero-order valence-corrected chi connectivity index (χ0v) is 15.6. The van der Waals surface area contributed by atoms with Crippen LogP contribution in [-0.2, 0) is 23.9 Å². The van der Waals surface area contributed by atoms with Crippen molar-refractivity contribution in [2.45, 2.75) is 33.0 Å². The minimum Gasteiger partial charge on any atom is -0.338 e. The van der Waals surface area contributed by atoms with Crippen molar-refractivity contribution in [1.82, 2.24) is 4.90 Å². The van der Waals surface area contributed by atoms with Gasteiger partial charge in [-0.05, 0) is 53.9 Å². The van der Waals surface area contributed by atoms with E-state index in [0.717, 1.165) is 41.8 Å². The predicted octanol–water partition coefficient (Wildman–Crippen LogP) is 4.50. The van der Waals surface area contributed by atoms with E-state index in [2.05, 4.69) is 5.32 Å². The van der Waals surface area contributed by atoms with Crippen LogP contribution in [0.4, 0.5) is 18.9 Å². The molecule has 2 aromatic rings. The molecule has 7 heteroatoms. The van der Waals surface area contributed by atoms with Gasteiger partial charge in [0.2, 0.25) is 5.91 Å². The van der Waals surface area contributed by atoms with Crippen LogP contribution in [0.1, 0.15) is 40.9 Å². The zero-order chi connectivity index (χ0) is 20.5. The maximum Gasteiger partial charge on any atom is 0.416 e. The van der Waals surface area contributed by atoms with Gasteiger partial charge in [0.25, 0.3) is 5.91 Å². The summed E-state index contributed by atoms with van der Waals surface area (Å²) in [4.78, 5) is 26.4. The van der Waals surface area contributed by atoms with Gasteiger partial charge in [0, 0.05) is 30.3 Å². The molecular weight excluding hydrogens is 369 g/mol. The monoisotopic (exact) mass is 390 g/mol. The van der Waals surface area contributed by atoms with E-state index in [1.54, 1.807) is 11.0 Å². The number of fused-ring (bicyclic) bond motifs is 1. The lowest BCUT2D eigenvalue weighted by Gasteiger charge is -2.30. The molecule has 1 N–H and O–H groups in total. The lowest BCUT2D eigenvalue weighted by molar-refractivity contribution is -0.137. The lowest BCUT2D eigenvalue weighted by atomic mass is 9.98. The first-order valence-corrected chi connectivity index (χ1v) is 9.04. The molecule has 0 saturated carbocycles. The molecule has 2 aromatic carbocycles.